The number of aliphatic imine (C=N–C) groups is 2. The van der Waals surface area contributed by atoms with Crippen molar-refractivity contribution in [2.24, 2.45) is 9.98 Å². The van der Waals surface area contributed by atoms with Crippen LogP contribution in [0.2, 0.25) is 0 Å². The van der Waals surface area contributed by atoms with Gasteiger partial charge in [0.2, 0.25) is 5.96 Å². The molecule has 1 aromatic carbocycles. The Bertz CT molecular complexity index is 998. The summed E-state index contributed by atoms with van der Waals surface area (Å²) in [7, 11) is 4.05. The zero-order valence-corrected chi connectivity index (χ0v) is 20.9. The van der Waals surface area contributed by atoms with Gasteiger partial charge in [0.15, 0.2) is 0 Å². The van der Waals surface area contributed by atoms with Crippen LogP contribution in [-0.2, 0) is 6.54 Å². The molecule has 8 nitrogen and oxygen atoms in total. The van der Waals surface area contributed by atoms with Gasteiger partial charge in [-0.25, -0.2) is 4.99 Å². The van der Waals surface area contributed by atoms with E-state index in [1.165, 1.54) is 0 Å². The van der Waals surface area contributed by atoms with E-state index >= 15 is 0 Å². The van der Waals surface area contributed by atoms with Crippen molar-refractivity contribution < 1.29 is 5.11 Å². The third kappa shape index (κ3) is 5.81. The second-order valence-electron chi connectivity index (χ2n) is 8.75. The highest BCUT2D eigenvalue weighted by molar-refractivity contribution is 5.84. The van der Waals surface area contributed by atoms with Crippen LogP contribution in [0.15, 0.2) is 70.2 Å². The Morgan fingerprint density at radius 1 is 1.24 bits per heavy atom. The highest BCUT2D eigenvalue weighted by Gasteiger charge is 2.35. The number of likely N-dealkylation sites (N-methyl/N-ethyl adjacent to an activating group) is 2. The maximum absolute atomic E-state index is 9.70. The van der Waals surface area contributed by atoms with Crippen LogP contribution in [0.5, 0.6) is 0 Å². The fourth-order valence-corrected chi connectivity index (χ4v) is 3.81. The molecule has 2 heterocycles. The molecule has 0 saturated heterocycles. The quantitative estimate of drug-likeness (QED) is 0.470. The van der Waals surface area contributed by atoms with Crippen molar-refractivity contribution in [3.63, 3.8) is 0 Å². The minimum absolute atomic E-state index is 0.00185. The fourth-order valence-electron chi connectivity index (χ4n) is 3.81. The van der Waals surface area contributed by atoms with Crippen LogP contribution < -0.4 is 10.6 Å². The van der Waals surface area contributed by atoms with Crippen LogP contribution in [0.4, 0.5) is 0 Å². The summed E-state index contributed by atoms with van der Waals surface area (Å²) in [6.07, 6.45) is 2.40. The number of hydrogen-bond donors (Lipinski definition) is 3. The Balaban J connectivity index is 1.87. The molecular weight excluding hydrogens is 426 g/mol. The van der Waals surface area contributed by atoms with Crippen molar-refractivity contribution in [2.45, 2.75) is 52.0 Å². The molecular formula is C26H37N7O. The third-order valence-corrected chi connectivity index (χ3v) is 6.18. The van der Waals surface area contributed by atoms with Crippen molar-refractivity contribution in [1.29, 1.82) is 0 Å². The maximum Gasteiger partial charge on any atom is 0.201 e. The van der Waals surface area contributed by atoms with E-state index in [4.69, 9.17) is 4.99 Å². The van der Waals surface area contributed by atoms with Gasteiger partial charge < -0.3 is 20.6 Å². The summed E-state index contributed by atoms with van der Waals surface area (Å²) in [5.74, 6) is 1.46. The highest BCUT2D eigenvalue weighted by atomic mass is 16.3. The van der Waals surface area contributed by atoms with Gasteiger partial charge in [-0.1, -0.05) is 37.3 Å². The van der Waals surface area contributed by atoms with E-state index in [2.05, 4.69) is 82.3 Å². The summed E-state index contributed by atoms with van der Waals surface area (Å²) in [6, 6.07) is 14.4. The second-order valence-corrected chi connectivity index (χ2v) is 8.75. The number of aliphatic hydroxyl groups is 1. The molecule has 0 spiro atoms. The average molecular weight is 464 g/mol. The highest BCUT2D eigenvalue weighted by Crippen LogP contribution is 2.23. The molecule has 34 heavy (non-hydrogen) atoms. The summed E-state index contributed by atoms with van der Waals surface area (Å²) in [5, 5.41) is 16.6. The van der Waals surface area contributed by atoms with E-state index in [0.717, 1.165) is 34.8 Å². The standard InChI is InChI=1S/C26H37N7O/c1-7-21(17-34)30-26-31-24(23(27-4)25(33(26)6)32(5)18(2)3)29-16-19-11-13-20(14-12-19)22-10-8-9-15-28-22/h8-15,18,21,25,29,34H,4,7,16-17H2,1-3,5-6H3,(H,30,31). The van der Waals surface area contributed by atoms with Gasteiger partial charge in [0.05, 0.1) is 18.3 Å². The van der Waals surface area contributed by atoms with Gasteiger partial charge in [-0.2, -0.15) is 0 Å². The van der Waals surface area contributed by atoms with Crippen LogP contribution in [0, 0.1) is 0 Å². The molecule has 0 radical (unpaired) electrons. The van der Waals surface area contributed by atoms with Crippen LogP contribution in [0.25, 0.3) is 11.3 Å². The molecule has 0 amide bonds. The minimum atomic E-state index is -0.173. The number of rotatable bonds is 10. The lowest BCUT2D eigenvalue weighted by atomic mass is 10.1. The fraction of sp³-hybridized carbons (Fsp3) is 0.423. The molecule has 0 bridgehead atoms. The molecule has 3 N–H and O–H groups in total. The van der Waals surface area contributed by atoms with Crippen molar-refractivity contribution in [3.8, 4) is 11.3 Å². The Kier molecular flexibility index (Phi) is 8.79. The van der Waals surface area contributed by atoms with Gasteiger partial charge in [-0.15, -0.1) is 0 Å². The second kappa shape index (κ2) is 11.8. The van der Waals surface area contributed by atoms with E-state index in [1.54, 1.807) is 6.20 Å². The third-order valence-electron chi connectivity index (χ3n) is 6.18. The molecule has 3 rings (SSSR count). The zero-order valence-electron chi connectivity index (χ0n) is 20.9. The Morgan fingerprint density at radius 2 is 1.97 bits per heavy atom. The zero-order chi connectivity index (χ0) is 24.7. The lowest BCUT2D eigenvalue weighted by Gasteiger charge is -2.43. The topological polar surface area (TPSA) is 88.4 Å². The van der Waals surface area contributed by atoms with Crippen molar-refractivity contribution in [3.05, 3.63) is 65.7 Å². The van der Waals surface area contributed by atoms with Crippen LogP contribution in [-0.4, -0.2) is 71.5 Å². The molecule has 1 aliphatic heterocycles. The first kappa shape index (κ1) is 25.4. The molecule has 1 aliphatic rings. The molecule has 2 aromatic rings. The van der Waals surface area contributed by atoms with E-state index in [0.29, 0.717) is 12.5 Å². The predicted molar refractivity (Wildman–Crippen MR) is 139 cm³/mol. The van der Waals surface area contributed by atoms with Crippen molar-refractivity contribution in [1.82, 2.24) is 25.4 Å². The van der Waals surface area contributed by atoms with Crippen LogP contribution in [0.3, 0.4) is 0 Å². The monoisotopic (exact) mass is 463 g/mol. The van der Waals surface area contributed by atoms with E-state index in [9.17, 15) is 5.11 Å². The van der Waals surface area contributed by atoms with Gasteiger partial charge in [0, 0.05) is 31.4 Å². The first-order valence-electron chi connectivity index (χ1n) is 11.7. The number of aromatic nitrogens is 1. The number of hydrogen-bond acceptors (Lipinski definition) is 6. The Labute approximate surface area is 203 Å². The van der Waals surface area contributed by atoms with Gasteiger partial charge in [-0.3, -0.25) is 14.9 Å². The van der Waals surface area contributed by atoms with Crippen LogP contribution in [0.1, 0.15) is 32.8 Å². The van der Waals surface area contributed by atoms with Crippen LogP contribution >= 0.6 is 0 Å². The maximum atomic E-state index is 9.70. The van der Waals surface area contributed by atoms with E-state index < -0.39 is 0 Å². The normalized spacial score (nSPS) is 18.4. The number of aliphatic hydroxyl groups excluding tert-OH is 1. The first-order valence-corrected chi connectivity index (χ1v) is 11.7. The molecule has 1 aromatic heterocycles. The number of nitrogens with zero attached hydrogens (tertiary/aromatic N) is 5. The number of pyridine rings is 1. The van der Waals surface area contributed by atoms with Gasteiger partial charge in [-0.05, 0) is 51.7 Å². The number of guanidine groups is 1. The SMILES string of the molecule is C=NC1=C(NCc2ccc(-c3ccccn3)cc2)NC(=NC(CC)CO)N(C)C1N(C)C(C)C. The molecule has 0 fully saturated rings. The van der Waals surface area contributed by atoms with Gasteiger partial charge in [0.25, 0.3) is 0 Å². The van der Waals surface area contributed by atoms with E-state index in [-0.39, 0.29) is 24.9 Å². The molecule has 0 aliphatic carbocycles. The minimum Gasteiger partial charge on any atom is -0.394 e. The Hall–Kier alpha value is -3.23. The summed E-state index contributed by atoms with van der Waals surface area (Å²) in [4.78, 5) is 17.9. The van der Waals surface area contributed by atoms with Crippen molar-refractivity contribution in [2.75, 3.05) is 20.7 Å². The lowest BCUT2D eigenvalue weighted by molar-refractivity contribution is 0.122. The van der Waals surface area contributed by atoms with Crippen molar-refractivity contribution >= 4 is 12.7 Å². The Morgan fingerprint density at radius 3 is 2.53 bits per heavy atom. The predicted octanol–water partition coefficient (Wildman–Crippen LogP) is 3.04. The summed E-state index contributed by atoms with van der Waals surface area (Å²) in [6.45, 7) is 10.8. The molecule has 182 valence electrons. The van der Waals surface area contributed by atoms with Gasteiger partial charge >= 0.3 is 0 Å². The largest absolute Gasteiger partial charge is 0.394 e. The molecule has 8 heteroatoms. The smallest absolute Gasteiger partial charge is 0.201 e. The first-order chi connectivity index (χ1) is 16.4. The summed E-state index contributed by atoms with van der Waals surface area (Å²) < 4.78 is 0. The molecule has 2 unspecified atom stereocenters. The van der Waals surface area contributed by atoms with Gasteiger partial charge in [0.1, 0.15) is 17.7 Å². The molecule has 2 atom stereocenters. The average Bonchev–Trinajstić information content (AvgIpc) is 2.87. The lowest BCUT2D eigenvalue weighted by Crippen LogP contribution is -2.59. The molecule has 0 saturated carbocycles. The van der Waals surface area contributed by atoms with E-state index in [1.807, 2.05) is 32.2 Å². The summed E-state index contributed by atoms with van der Waals surface area (Å²) >= 11 is 0. The summed E-state index contributed by atoms with van der Waals surface area (Å²) in [5.41, 5.74) is 3.97. The number of benzene rings is 1. The number of nitrogens with one attached hydrogen (secondary N) is 2.